The molecule has 0 aromatic heterocycles. The van der Waals surface area contributed by atoms with Crippen molar-refractivity contribution in [3.8, 4) is 0 Å². The van der Waals surface area contributed by atoms with Gasteiger partial charge in [-0.15, -0.1) is 0 Å². The van der Waals surface area contributed by atoms with Crippen molar-refractivity contribution in [3.63, 3.8) is 0 Å². The summed E-state index contributed by atoms with van der Waals surface area (Å²) in [5, 5.41) is 2.95. The number of rotatable bonds is 8. The summed E-state index contributed by atoms with van der Waals surface area (Å²) in [5.74, 6) is 1.54. The van der Waals surface area contributed by atoms with E-state index in [4.69, 9.17) is 4.74 Å². The molecule has 4 rings (SSSR count). The summed E-state index contributed by atoms with van der Waals surface area (Å²) in [6.07, 6.45) is 0.585. The van der Waals surface area contributed by atoms with Crippen LogP contribution >= 0.6 is 0 Å². The number of carbonyl (C=O) groups is 1. The Bertz CT molecular complexity index is 982. The van der Waals surface area contributed by atoms with Crippen LogP contribution in [0.2, 0.25) is 0 Å². The lowest BCUT2D eigenvalue weighted by atomic mass is 9.87. The van der Waals surface area contributed by atoms with Crippen molar-refractivity contribution in [1.82, 2.24) is 10.2 Å². The maximum atomic E-state index is 12.1. The molecule has 1 fully saturated rings. The number of hydrogen-bond acceptors (Lipinski definition) is 4. The summed E-state index contributed by atoms with van der Waals surface area (Å²) >= 11 is 0. The van der Waals surface area contributed by atoms with Crippen LogP contribution in [0.1, 0.15) is 55.7 Å². The van der Waals surface area contributed by atoms with Crippen LogP contribution in [-0.2, 0) is 11.3 Å². The van der Waals surface area contributed by atoms with E-state index in [9.17, 15) is 4.79 Å². The molecule has 1 saturated heterocycles. The van der Waals surface area contributed by atoms with Gasteiger partial charge in [0, 0.05) is 45.0 Å². The van der Waals surface area contributed by atoms with Crippen molar-refractivity contribution in [3.05, 3.63) is 77.4 Å². The van der Waals surface area contributed by atoms with Gasteiger partial charge >= 0.3 is 6.09 Å². The fourth-order valence-electron chi connectivity index (χ4n) is 5.47. The molecule has 0 saturated carbocycles. The van der Waals surface area contributed by atoms with Crippen molar-refractivity contribution in [2.24, 2.45) is 5.92 Å². The highest BCUT2D eigenvalue weighted by Gasteiger charge is 2.35. The third-order valence-corrected chi connectivity index (χ3v) is 7.55. The molecule has 5 nitrogen and oxygen atoms in total. The molecular weight excluding hydrogens is 422 g/mol. The van der Waals surface area contributed by atoms with Crippen LogP contribution in [0.15, 0.2) is 60.7 Å². The molecule has 1 aliphatic carbocycles. The number of alkyl carbamates (subject to hydrolysis) is 1. The lowest BCUT2D eigenvalue weighted by molar-refractivity contribution is 0.139. The summed E-state index contributed by atoms with van der Waals surface area (Å²) in [4.78, 5) is 17.1. The molecule has 1 heterocycles. The lowest BCUT2D eigenvalue weighted by Gasteiger charge is -2.36. The van der Waals surface area contributed by atoms with E-state index in [0.717, 1.165) is 44.7 Å². The number of benzene rings is 2. The molecule has 34 heavy (non-hydrogen) atoms. The van der Waals surface area contributed by atoms with E-state index >= 15 is 0 Å². The Labute approximate surface area is 204 Å². The number of anilines is 1. The number of piperazine rings is 1. The minimum absolute atomic E-state index is 0.302. The number of hydrogen-bond donors (Lipinski definition) is 1. The van der Waals surface area contributed by atoms with Crippen LogP contribution in [0.4, 0.5) is 10.5 Å². The van der Waals surface area contributed by atoms with Gasteiger partial charge in [0.15, 0.2) is 0 Å². The van der Waals surface area contributed by atoms with Gasteiger partial charge in [-0.2, -0.15) is 0 Å². The van der Waals surface area contributed by atoms with E-state index in [1.165, 1.54) is 22.4 Å². The highest BCUT2D eigenvalue weighted by Crippen LogP contribution is 2.48. The number of nitrogens with zero attached hydrogens (tertiary/aromatic N) is 2. The third kappa shape index (κ3) is 5.82. The highest BCUT2D eigenvalue weighted by molar-refractivity contribution is 5.67. The van der Waals surface area contributed by atoms with Gasteiger partial charge in [0.05, 0.1) is 0 Å². The molecule has 0 radical (unpaired) electrons. The fraction of sp³-hybridized carbons (Fsp3) is 0.483. The van der Waals surface area contributed by atoms with Crippen molar-refractivity contribution in [1.29, 1.82) is 0 Å². The number of nitrogens with one attached hydrogen (secondary N) is 1. The maximum absolute atomic E-state index is 12.1. The summed E-state index contributed by atoms with van der Waals surface area (Å²) < 4.78 is 5.36. The van der Waals surface area contributed by atoms with E-state index in [0.29, 0.717) is 30.9 Å². The van der Waals surface area contributed by atoms with Crippen LogP contribution in [0.3, 0.4) is 0 Å². The van der Waals surface area contributed by atoms with Gasteiger partial charge in [-0.3, -0.25) is 4.90 Å². The minimum atomic E-state index is -0.344. The summed E-state index contributed by atoms with van der Waals surface area (Å²) in [6.45, 7) is 17.1. The maximum Gasteiger partial charge on any atom is 0.407 e. The normalized spacial score (nSPS) is 22.3. The number of carbonyl (C=O) groups excluding carboxylic acids is 1. The SMILES string of the molecule is C=C(C)CN1CCN(c2ccc3c(c2)C(C)[C@@H](C)[C@H]3CCNC(=O)OCc2ccccc2)CC1. The van der Waals surface area contributed by atoms with Crippen LogP contribution in [0.25, 0.3) is 0 Å². The van der Waals surface area contributed by atoms with Crippen LogP contribution in [-0.4, -0.2) is 50.3 Å². The Hall–Kier alpha value is -2.79. The second-order valence-corrected chi connectivity index (χ2v) is 10.1. The molecular formula is C29H39N3O2. The molecule has 0 bridgehead atoms. The molecule has 5 heteroatoms. The van der Waals surface area contributed by atoms with Crippen molar-refractivity contribution >= 4 is 11.8 Å². The molecule has 1 aliphatic heterocycles. The van der Waals surface area contributed by atoms with Gasteiger partial charge in [-0.1, -0.05) is 62.4 Å². The number of fused-ring (bicyclic) bond motifs is 1. The van der Waals surface area contributed by atoms with Crippen LogP contribution in [0, 0.1) is 5.92 Å². The number of amides is 1. The zero-order valence-corrected chi connectivity index (χ0v) is 20.9. The van der Waals surface area contributed by atoms with Crippen LogP contribution in [0.5, 0.6) is 0 Å². The second kappa shape index (κ2) is 11.1. The summed E-state index contributed by atoms with van der Waals surface area (Å²) in [7, 11) is 0. The van der Waals surface area contributed by atoms with Crippen molar-refractivity contribution < 1.29 is 9.53 Å². The standard InChI is InChI=1S/C29H39N3O2/c1-21(2)19-31-14-16-32(17-15-31)25-10-11-27-26(22(3)23(4)28(27)18-25)12-13-30-29(33)34-20-24-8-6-5-7-9-24/h5-11,18,22-23,26H,1,12-17,19-20H2,2-4H3,(H,30,33)/t22-,23?,26-/m1/s1. The van der Waals surface area contributed by atoms with E-state index in [-0.39, 0.29) is 6.09 Å². The van der Waals surface area contributed by atoms with Gasteiger partial charge in [-0.25, -0.2) is 4.79 Å². The van der Waals surface area contributed by atoms with Gasteiger partial charge in [0.2, 0.25) is 0 Å². The fourth-order valence-corrected chi connectivity index (χ4v) is 5.47. The van der Waals surface area contributed by atoms with E-state index in [1.54, 1.807) is 0 Å². The molecule has 182 valence electrons. The first kappa shape index (κ1) is 24.3. The molecule has 2 aliphatic rings. The molecule has 1 amide bonds. The zero-order valence-electron chi connectivity index (χ0n) is 20.9. The van der Waals surface area contributed by atoms with Gasteiger partial charge < -0.3 is 15.0 Å². The Kier molecular flexibility index (Phi) is 7.94. The van der Waals surface area contributed by atoms with Gasteiger partial charge in [0.25, 0.3) is 0 Å². The first-order valence-electron chi connectivity index (χ1n) is 12.6. The first-order chi connectivity index (χ1) is 16.4. The summed E-state index contributed by atoms with van der Waals surface area (Å²) in [5.41, 5.74) is 6.50. The Balaban J connectivity index is 1.30. The Morgan fingerprint density at radius 1 is 1.06 bits per heavy atom. The molecule has 3 atom stereocenters. The predicted octanol–water partition coefficient (Wildman–Crippen LogP) is 5.54. The van der Waals surface area contributed by atoms with Gasteiger partial charge in [-0.05, 0) is 59.9 Å². The topological polar surface area (TPSA) is 44.8 Å². The monoisotopic (exact) mass is 461 g/mol. The van der Waals surface area contributed by atoms with E-state index in [2.05, 4.69) is 60.7 Å². The van der Waals surface area contributed by atoms with E-state index < -0.39 is 0 Å². The van der Waals surface area contributed by atoms with Crippen molar-refractivity contribution in [2.45, 2.75) is 45.6 Å². The quantitative estimate of drug-likeness (QED) is 0.525. The predicted molar refractivity (Wildman–Crippen MR) is 139 cm³/mol. The molecule has 2 aromatic carbocycles. The smallest absolute Gasteiger partial charge is 0.407 e. The summed E-state index contributed by atoms with van der Waals surface area (Å²) in [6, 6.07) is 16.8. The van der Waals surface area contributed by atoms with Gasteiger partial charge in [0.1, 0.15) is 6.61 Å². The molecule has 1 N–H and O–H groups in total. The average molecular weight is 462 g/mol. The largest absolute Gasteiger partial charge is 0.445 e. The third-order valence-electron chi connectivity index (χ3n) is 7.55. The lowest BCUT2D eigenvalue weighted by Crippen LogP contribution is -2.46. The van der Waals surface area contributed by atoms with Crippen LogP contribution < -0.4 is 10.2 Å². The van der Waals surface area contributed by atoms with E-state index in [1.807, 2.05) is 30.3 Å². The number of ether oxygens (including phenoxy) is 1. The molecule has 0 spiro atoms. The van der Waals surface area contributed by atoms with Crippen molar-refractivity contribution in [2.75, 3.05) is 44.2 Å². The Morgan fingerprint density at radius 2 is 1.79 bits per heavy atom. The Morgan fingerprint density at radius 3 is 2.50 bits per heavy atom. The average Bonchev–Trinajstić information content (AvgIpc) is 3.08. The second-order valence-electron chi connectivity index (χ2n) is 10.1. The zero-order chi connectivity index (χ0) is 24.1. The molecule has 2 aromatic rings. The molecule has 1 unspecified atom stereocenters. The highest BCUT2D eigenvalue weighted by atomic mass is 16.5. The first-order valence-corrected chi connectivity index (χ1v) is 12.6. The minimum Gasteiger partial charge on any atom is -0.445 e.